The lowest BCUT2D eigenvalue weighted by Crippen LogP contribution is -2.33. The van der Waals surface area contributed by atoms with Crippen LogP contribution in [-0.2, 0) is 4.79 Å². The molecular formula is C25H30N6O2. The van der Waals surface area contributed by atoms with E-state index in [1.165, 1.54) is 0 Å². The molecule has 1 aliphatic heterocycles. The molecule has 0 radical (unpaired) electrons. The van der Waals surface area contributed by atoms with Gasteiger partial charge in [-0.3, -0.25) is 14.7 Å². The fraction of sp³-hybridized carbons (Fsp3) is 0.360. The van der Waals surface area contributed by atoms with Crippen LogP contribution >= 0.6 is 0 Å². The molecule has 3 heterocycles. The normalized spacial score (nSPS) is 15.9. The first-order chi connectivity index (χ1) is 15.9. The Morgan fingerprint density at radius 1 is 1.00 bits per heavy atom. The van der Waals surface area contributed by atoms with E-state index in [2.05, 4.69) is 25.5 Å². The molecule has 172 valence electrons. The van der Waals surface area contributed by atoms with Gasteiger partial charge in [0.25, 0.3) is 0 Å². The molecule has 1 unspecified atom stereocenters. The molecule has 4 rings (SSSR count). The molecule has 2 aromatic heterocycles. The Bertz CT molecular complexity index is 1110. The molecule has 3 aromatic rings. The van der Waals surface area contributed by atoms with Crippen LogP contribution in [0.25, 0.3) is 0 Å². The van der Waals surface area contributed by atoms with Crippen LogP contribution in [0.15, 0.2) is 42.5 Å². The number of likely N-dealkylation sites (tertiary alicyclic amines) is 1. The van der Waals surface area contributed by atoms with Gasteiger partial charge < -0.3 is 15.4 Å². The molecule has 8 nitrogen and oxygen atoms in total. The van der Waals surface area contributed by atoms with Crippen LogP contribution in [-0.4, -0.2) is 46.0 Å². The number of aryl methyl sites for hydroxylation is 3. The van der Waals surface area contributed by atoms with Crippen LogP contribution in [0.1, 0.15) is 41.7 Å². The second kappa shape index (κ2) is 9.95. The number of ether oxygens (including phenoxy) is 1. The lowest BCUT2D eigenvalue weighted by molar-refractivity contribution is -0.117. The van der Waals surface area contributed by atoms with Crippen LogP contribution in [0, 0.1) is 20.8 Å². The molecule has 1 aliphatic rings. The highest BCUT2D eigenvalue weighted by atomic mass is 16.5. The van der Waals surface area contributed by atoms with Crippen LogP contribution in [0.4, 0.5) is 17.3 Å². The van der Waals surface area contributed by atoms with Crippen molar-refractivity contribution in [2.45, 2.75) is 39.7 Å². The average molecular weight is 447 g/mol. The summed E-state index contributed by atoms with van der Waals surface area (Å²) in [5.41, 5.74) is 5.36. The highest BCUT2D eigenvalue weighted by molar-refractivity contribution is 5.92. The van der Waals surface area contributed by atoms with Crippen molar-refractivity contribution >= 4 is 23.2 Å². The summed E-state index contributed by atoms with van der Waals surface area (Å²) in [5.74, 6) is 1.29. The SMILES string of the molecule is COc1ccc(NC(=O)CN2CCCC2c2cc(Nc3nc(C)cc(C)n3)cc(C)n2)cc1. The Morgan fingerprint density at radius 3 is 2.39 bits per heavy atom. The van der Waals surface area contributed by atoms with E-state index in [4.69, 9.17) is 9.72 Å². The number of carbonyl (C=O) groups is 1. The van der Waals surface area contributed by atoms with E-state index in [0.29, 0.717) is 12.5 Å². The first kappa shape index (κ1) is 22.7. The van der Waals surface area contributed by atoms with Gasteiger partial charge in [-0.25, -0.2) is 9.97 Å². The third-order valence-corrected chi connectivity index (χ3v) is 5.64. The second-order valence-electron chi connectivity index (χ2n) is 8.43. The molecule has 8 heteroatoms. The number of carbonyl (C=O) groups excluding carboxylic acids is 1. The molecular weight excluding hydrogens is 416 g/mol. The standard InChI is InChI=1S/C25H30N6O2/c1-16-12-17(2)28-25(27-16)30-20-13-18(3)26-22(14-20)23-6-5-11-31(23)15-24(32)29-19-7-9-21(33-4)10-8-19/h7-10,12-14,23H,5-6,11,15H2,1-4H3,(H,29,32)(H,26,27,28,30). The van der Waals surface area contributed by atoms with Crippen molar-refractivity contribution < 1.29 is 9.53 Å². The molecule has 0 spiro atoms. The number of anilines is 3. The van der Waals surface area contributed by atoms with Crippen LogP contribution < -0.4 is 15.4 Å². The zero-order valence-corrected chi connectivity index (χ0v) is 19.6. The first-order valence-electron chi connectivity index (χ1n) is 11.2. The van der Waals surface area contributed by atoms with E-state index >= 15 is 0 Å². The summed E-state index contributed by atoms with van der Waals surface area (Å²) >= 11 is 0. The van der Waals surface area contributed by atoms with Crippen LogP contribution in [0.2, 0.25) is 0 Å². The van der Waals surface area contributed by atoms with E-state index in [-0.39, 0.29) is 11.9 Å². The number of rotatable bonds is 7. The summed E-state index contributed by atoms with van der Waals surface area (Å²) in [6, 6.07) is 13.4. The van der Waals surface area contributed by atoms with Crippen molar-refractivity contribution in [2.75, 3.05) is 30.8 Å². The van der Waals surface area contributed by atoms with Gasteiger partial charge >= 0.3 is 0 Å². The van der Waals surface area contributed by atoms with Gasteiger partial charge in [0, 0.05) is 28.5 Å². The Morgan fingerprint density at radius 2 is 1.70 bits per heavy atom. The molecule has 1 amide bonds. The Hall–Kier alpha value is -3.52. The van der Waals surface area contributed by atoms with Gasteiger partial charge in [0.2, 0.25) is 11.9 Å². The van der Waals surface area contributed by atoms with Crippen molar-refractivity contribution in [3.8, 4) is 5.75 Å². The third kappa shape index (κ3) is 5.84. The van der Waals surface area contributed by atoms with E-state index in [1.54, 1.807) is 7.11 Å². The molecule has 1 saturated heterocycles. The molecule has 1 aromatic carbocycles. The fourth-order valence-corrected chi connectivity index (χ4v) is 4.26. The number of hydrogen-bond acceptors (Lipinski definition) is 7. The van der Waals surface area contributed by atoms with Crippen molar-refractivity contribution in [3.63, 3.8) is 0 Å². The van der Waals surface area contributed by atoms with E-state index in [1.807, 2.05) is 63.2 Å². The number of aromatic nitrogens is 3. The number of pyridine rings is 1. The summed E-state index contributed by atoms with van der Waals surface area (Å²) in [5, 5.41) is 6.29. The molecule has 1 atom stereocenters. The zero-order valence-electron chi connectivity index (χ0n) is 19.6. The largest absolute Gasteiger partial charge is 0.497 e. The van der Waals surface area contributed by atoms with Crippen molar-refractivity contribution in [1.29, 1.82) is 0 Å². The predicted molar refractivity (Wildman–Crippen MR) is 129 cm³/mol. The maximum absolute atomic E-state index is 12.7. The summed E-state index contributed by atoms with van der Waals surface area (Å²) in [6.45, 7) is 7.06. The topological polar surface area (TPSA) is 92.3 Å². The van der Waals surface area contributed by atoms with Gasteiger partial charge in [0.05, 0.1) is 25.4 Å². The van der Waals surface area contributed by atoms with Gasteiger partial charge in [0.15, 0.2) is 0 Å². The number of hydrogen-bond donors (Lipinski definition) is 2. The smallest absolute Gasteiger partial charge is 0.238 e. The first-order valence-corrected chi connectivity index (χ1v) is 11.2. The molecule has 0 bridgehead atoms. The lowest BCUT2D eigenvalue weighted by Gasteiger charge is -2.24. The third-order valence-electron chi connectivity index (χ3n) is 5.64. The molecule has 0 aliphatic carbocycles. The van der Waals surface area contributed by atoms with Gasteiger partial charge in [0.1, 0.15) is 5.75 Å². The predicted octanol–water partition coefficient (Wildman–Crippen LogP) is 4.32. The summed E-state index contributed by atoms with van der Waals surface area (Å²) in [7, 11) is 1.62. The minimum atomic E-state index is -0.0401. The quantitative estimate of drug-likeness (QED) is 0.558. The van der Waals surface area contributed by atoms with Crippen molar-refractivity contribution in [3.05, 3.63) is 65.2 Å². The van der Waals surface area contributed by atoms with E-state index in [0.717, 1.165) is 59.3 Å². The highest BCUT2D eigenvalue weighted by Crippen LogP contribution is 2.32. The van der Waals surface area contributed by atoms with Gasteiger partial charge in [-0.15, -0.1) is 0 Å². The zero-order chi connectivity index (χ0) is 23.4. The summed E-state index contributed by atoms with van der Waals surface area (Å²) in [4.78, 5) is 28.6. The Kier molecular flexibility index (Phi) is 6.84. The number of benzene rings is 1. The molecule has 33 heavy (non-hydrogen) atoms. The van der Waals surface area contributed by atoms with Crippen LogP contribution in [0.3, 0.4) is 0 Å². The highest BCUT2D eigenvalue weighted by Gasteiger charge is 2.29. The molecule has 2 N–H and O–H groups in total. The molecule has 0 saturated carbocycles. The monoisotopic (exact) mass is 446 g/mol. The van der Waals surface area contributed by atoms with Gasteiger partial charge in [-0.1, -0.05) is 0 Å². The van der Waals surface area contributed by atoms with E-state index in [9.17, 15) is 4.79 Å². The molecule has 1 fully saturated rings. The number of nitrogens with zero attached hydrogens (tertiary/aromatic N) is 4. The lowest BCUT2D eigenvalue weighted by atomic mass is 10.1. The number of nitrogens with one attached hydrogen (secondary N) is 2. The number of methoxy groups -OCH3 is 1. The van der Waals surface area contributed by atoms with Crippen LogP contribution in [0.5, 0.6) is 5.75 Å². The summed E-state index contributed by atoms with van der Waals surface area (Å²) in [6.07, 6.45) is 1.99. The maximum Gasteiger partial charge on any atom is 0.238 e. The second-order valence-corrected chi connectivity index (χ2v) is 8.43. The Balaban J connectivity index is 1.46. The maximum atomic E-state index is 12.7. The average Bonchev–Trinajstić information content (AvgIpc) is 3.21. The van der Waals surface area contributed by atoms with Gasteiger partial charge in [-0.2, -0.15) is 0 Å². The van der Waals surface area contributed by atoms with Gasteiger partial charge in [-0.05, 0) is 82.6 Å². The summed E-state index contributed by atoms with van der Waals surface area (Å²) < 4.78 is 5.17. The minimum Gasteiger partial charge on any atom is -0.497 e. The van der Waals surface area contributed by atoms with E-state index < -0.39 is 0 Å². The minimum absolute atomic E-state index is 0.0401. The number of amides is 1. The van der Waals surface area contributed by atoms with Crippen molar-refractivity contribution in [1.82, 2.24) is 19.9 Å². The fourth-order valence-electron chi connectivity index (χ4n) is 4.26. The van der Waals surface area contributed by atoms with Crippen molar-refractivity contribution in [2.24, 2.45) is 0 Å². The Labute approximate surface area is 194 Å².